The van der Waals surface area contributed by atoms with Crippen LogP contribution in [0.2, 0.25) is 5.02 Å². The number of fused-ring (bicyclic) bond motifs is 1. The first-order valence-electron chi connectivity index (χ1n) is 7.70. The maximum atomic E-state index is 12.5. The van der Waals surface area contributed by atoms with Gasteiger partial charge in [-0.1, -0.05) is 11.6 Å². The molecule has 0 bridgehead atoms. The molecule has 0 aliphatic heterocycles. The van der Waals surface area contributed by atoms with Gasteiger partial charge >= 0.3 is 0 Å². The smallest absolute Gasteiger partial charge is 0.268 e. The molecule has 3 heterocycles. The highest BCUT2D eigenvalue weighted by Gasteiger charge is 2.13. The SMILES string of the molecule is CNc1nccc(-c2ccc(C(=O)Nc3nc4ccc(Cl)cc4[nH]3)s2)n1. The summed E-state index contributed by atoms with van der Waals surface area (Å²) in [5, 5.41) is 6.27. The van der Waals surface area contributed by atoms with Gasteiger partial charge in [-0.15, -0.1) is 11.3 Å². The molecule has 0 fully saturated rings. The van der Waals surface area contributed by atoms with Crippen LogP contribution in [0.5, 0.6) is 0 Å². The van der Waals surface area contributed by atoms with Gasteiger partial charge < -0.3 is 10.3 Å². The molecule has 0 spiro atoms. The van der Waals surface area contributed by atoms with Gasteiger partial charge in [-0.05, 0) is 36.4 Å². The first-order chi connectivity index (χ1) is 12.6. The second kappa shape index (κ2) is 6.74. The van der Waals surface area contributed by atoms with Gasteiger partial charge in [0.25, 0.3) is 5.91 Å². The number of benzene rings is 1. The van der Waals surface area contributed by atoms with E-state index in [2.05, 4.69) is 30.6 Å². The molecule has 0 aliphatic carbocycles. The number of hydrogen-bond acceptors (Lipinski definition) is 6. The highest BCUT2D eigenvalue weighted by molar-refractivity contribution is 7.17. The lowest BCUT2D eigenvalue weighted by Gasteiger charge is -2.00. The number of anilines is 2. The summed E-state index contributed by atoms with van der Waals surface area (Å²) in [6.07, 6.45) is 1.67. The van der Waals surface area contributed by atoms with Crippen LogP contribution in [-0.2, 0) is 0 Å². The fraction of sp³-hybridized carbons (Fsp3) is 0.0588. The second-order valence-corrected chi connectivity index (χ2v) is 6.90. The molecule has 1 aromatic carbocycles. The summed E-state index contributed by atoms with van der Waals surface area (Å²) in [4.78, 5) is 29.8. The highest BCUT2D eigenvalue weighted by atomic mass is 35.5. The third kappa shape index (κ3) is 3.24. The van der Waals surface area contributed by atoms with Gasteiger partial charge in [0.05, 0.1) is 26.5 Å². The third-order valence-electron chi connectivity index (χ3n) is 3.64. The van der Waals surface area contributed by atoms with Crippen LogP contribution in [0.3, 0.4) is 0 Å². The van der Waals surface area contributed by atoms with Crippen LogP contribution in [-0.4, -0.2) is 32.9 Å². The van der Waals surface area contributed by atoms with Crippen molar-refractivity contribution in [2.75, 3.05) is 17.7 Å². The zero-order valence-electron chi connectivity index (χ0n) is 13.6. The number of aromatic amines is 1. The van der Waals surface area contributed by atoms with Crippen LogP contribution < -0.4 is 10.6 Å². The summed E-state index contributed by atoms with van der Waals surface area (Å²) < 4.78 is 0. The number of hydrogen-bond donors (Lipinski definition) is 3. The van der Waals surface area contributed by atoms with Crippen LogP contribution in [0.4, 0.5) is 11.9 Å². The van der Waals surface area contributed by atoms with Crippen molar-refractivity contribution in [1.82, 2.24) is 19.9 Å². The zero-order chi connectivity index (χ0) is 18.1. The van der Waals surface area contributed by atoms with Crippen LogP contribution in [0.25, 0.3) is 21.6 Å². The molecule has 0 saturated heterocycles. The van der Waals surface area contributed by atoms with Crippen molar-refractivity contribution in [3.63, 3.8) is 0 Å². The van der Waals surface area contributed by atoms with E-state index in [-0.39, 0.29) is 5.91 Å². The summed E-state index contributed by atoms with van der Waals surface area (Å²) in [6, 6.07) is 10.7. The van der Waals surface area contributed by atoms with Crippen molar-refractivity contribution in [2.24, 2.45) is 0 Å². The Morgan fingerprint density at radius 3 is 2.92 bits per heavy atom. The van der Waals surface area contributed by atoms with Crippen LogP contribution in [0, 0.1) is 0 Å². The molecule has 7 nitrogen and oxygen atoms in total. The lowest BCUT2D eigenvalue weighted by Crippen LogP contribution is -2.11. The molecule has 9 heteroatoms. The molecule has 1 amide bonds. The fourth-order valence-corrected chi connectivity index (χ4v) is 3.47. The fourth-order valence-electron chi connectivity index (χ4n) is 2.42. The van der Waals surface area contributed by atoms with E-state index in [1.54, 1.807) is 43.6 Å². The molecular weight excluding hydrogens is 372 g/mol. The normalized spacial score (nSPS) is 10.8. The van der Waals surface area contributed by atoms with Gasteiger partial charge in [-0.25, -0.2) is 15.0 Å². The average molecular weight is 385 g/mol. The van der Waals surface area contributed by atoms with E-state index in [1.165, 1.54) is 11.3 Å². The second-order valence-electron chi connectivity index (χ2n) is 5.38. The molecular formula is C17H13ClN6OS. The third-order valence-corrected chi connectivity index (χ3v) is 4.98. The molecule has 3 N–H and O–H groups in total. The first-order valence-corrected chi connectivity index (χ1v) is 8.89. The van der Waals surface area contributed by atoms with Crippen molar-refractivity contribution < 1.29 is 4.79 Å². The Bertz CT molecular complexity index is 1110. The number of halogens is 1. The Morgan fingerprint density at radius 1 is 1.19 bits per heavy atom. The van der Waals surface area contributed by atoms with E-state index >= 15 is 0 Å². The molecule has 4 rings (SSSR count). The zero-order valence-corrected chi connectivity index (χ0v) is 15.1. The van der Waals surface area contributed by atoms with Gasteiger partial charge in [-0.3, -0.25) is 10.1 Å². The quantitative estimate of drug-likeness (QED) is 0.493. The number of carbonyl (C=O) groups is 1. The Kier molecular flexibility index (Phi) is 4.27. The predicted molar refractivity (Wildman–Crippen MR) is 104 cm³/mol. The topological polar surface area (TPSA) is 95.6 Å². The molecule has 26 heavy (non-hydrogen) atoms. The Balaban J connectivity index is 1.55. The summed E-state index contributed by atoms with van der Waals surface area (Å²) in [7, 11) is 1.76. The maximum Gasteiger partial charge on any atom is 0.268 e. The lowest BCUT2D eigenvalue weighted by atomic mass is 10.3. The summed E-state index contributed by atoms with van der Waals surface area (Å²) in [5.41, 5.74) is 2.25. The molecule has 0 saturated carbocycles. The molecule has 3 aromatic heterocycles. The number of aromatic nitrogens is 4. The number of rotatable bonds is 4. The Labute approximate surface area is 157 Å². The summed E-state index contributed by atoms with van der Waals surface area (Å²) in [6.45, 7) is 0. The minimum Gasteiger partial charge on any atom is -0.357 e. The number of imidazole rings is 1. The number of nitrogens with zero attached hydrogens (tertiary/aromatic N) is 3. The minimum atomic E-state index is -0.241. The van der Waals surface area contributed by atoms with E-state index in [9.17, 15) is 4.79 Å². The minimum absolute atomic E-state index is 0.241. The van der Waals surface area contributed by atoms with Crippen LogP contribution >= 0.6 is 22.9 Å². The van der Waals surface area contributed by atoms with Gasteiger partial charge in [0.15, 0.2) is 0 Å². The number of thiophene rings is 1. The van der Waals surface area contributed by atoms with Crippen LogP contribution in [0.15, 0.2) is 42.6 Å². The van der Waals surface area contributed by atoms with Gasteiger partial charge in [0.1, 0.15) is 0 Å². The van der Waals surface area contributed by atoms with Gasteiger partial charge in [0.2, 0.25) is 11.9 Å². The van der Waals surface area contributed by atoms with Crippen molar-refractivity contribution in [1.29, 1.82) is 0 Å². The van der Waals surface area contributed by atoms with E-state index in [0.29, 0.717) is 21.8 Å². The molecule has 0 radical (unpaired) electrons. The van der Waals surface area contributed by atoms with Crippen molar-refractivity contribution >= 4 is 51.8 Å². The number of carbonyl (C=O) groups excluding carboxylic acids is 1. The monoisotopic (exact) mass is 384 g/mol. The Morgan fingerprint density at radius 2 is 2.08 bits per heavy atom. The molecule has 0 atom stereocenters. The lowest BCUT2D eigenvalue weighted by molar-refractivity contribution is 0.103. The predicted octanol–water partition coefficient (Wildman–Crippen LogP) is 4.03. The van der Waals surface area contributed by atoms with Gasteiger partial charge in [-0.2, -0.15) is 0 Å². The summed E-state index contributed by atoms with van der Waals surface area (Å²) in [5.74, 6) is 0.666. The largest absolute Gasteiger partial charge is 0.357 e. The van der Waals surface area contributed by atoms with Gasteiger partial charge in [0, 0.05) is 18.3 Å². The molecule has 130 valence electrons. The standard InChI is InChI=1S/C17H13ClN6OS/c1-19-16-20-7-6-11(22-16)13-4-5-14(26-13)15(25)24-17-21-10-3-2-9(18)8-12(10)23-17/h2-8H,1H3,(H,19,20,22)(H2,21,23,24,25). The average Bonchev–Trinajstić information content (AvgIpc) is 3.28. The van der Waals surface area contributed by atoms with Crippen molar-refractivity contribution in [3.8, 4) is 10.6 Å². The first kappa shape index (κ1) is 16.5. The van der Waals surface area contributed by atoms with Crippen molar-refractivity contribution in [3.05, 3.63) is 52.5 Å². The molecule has 0 aliphatic rings. The van der Waals surface area contributed by atoms with E-state index in [4.69, 9.17) is 11.6 Å². The van der Waals surface area contributed by atoms with Crippen molar-refractivity contribution in [2.45, 2.75) is 0 Å². The highest BCUT2D eigenvalue weighted by Crippen LogP contribution is 2.27. The van der Waals surface area contributed by atoms with Crippen LogP contribution in [0.1, 0.15) is 9.67 Å². The number of amides is 1. The Hall–Kier alpha value is -2.97. The van der Waals surface area contributed by atoms with E-state index in [1.807, 2.05) is 6.07 Å². The molecule has 4 aromatic rings. The number of H-pyrrole nitrogens is 1. The van der Waals surface area contributed by atoms with E-state index < -0.39 is 0 Å². The maximum absolute atomic E-state index is 12.5. The molecule has 0 unspecified atom stereocenters. The van der Waals surface area contributed by atoms with E-state index in [0.717, 1.165) is 21.6 Å². The number of nitrogens with one attached hydrogen (secondary N) is 3. The summed E-state index contributed by atoms with van der Waals surface area (Å²) >= 11 is 7.31.